The molecule has 0 N–H and O–H groups in total. The van der Waals surface area contributed by atoms with Crippen LogP contribution in [0, 0.1) is 10.1 Å². The Balaban J connectivity index is 1.90. The van der Waals surface area contributed by atoms with Gasteiger partial charge in [-0.3, -0.25) is 10.1 Å². The molecule has 3 rings (SSSR count). The second kappa shape index (κ2) is 7.12. The summed E-state index contributed by atoms with van der Waals surface area (Å²) in [6.45, 7) is 0.324. The lowest BCUT2D eigenvalue weighted by molar-refractivity contribution is -0.388. The molecule has 0 saturated carbocycles. The quantitative estimate of drug-likeness (QED) is 0.494. The molecule has 3 aromatic rings. The molecule has 0 amide bonds. The SMILES string of the molecule is O=[N+]([O-])c1cc(C(F)(F)F)ccc1Sc1nnnn1Cc1ccccc1. The van der Waals surface area contributed by atoms with Crippen molar-refractivity contribution in [3.8, 4) is 0 Å². The fourth-order valence-electron chi connectivity index (χ4n) is 2.15. The van der Waals surface area contributed by atoms with E-state index in [1.807, 2.05) is 30.3 Å². The number of nitro benzene ring substituents is 1. The Hall–Kier alpha value is -2.95. The molecule has 0 spiro atoms. The molecule has 0 fully saturated rings. The van der Waals surface area contributed by atoms with Crippen LogP contribution in [0.25, 0.3) is 0 Å². The number of halogens is 3. The van der Waals surface area contributed by atoms with Crippen LogP contribution >= 0.6 is 11.8 Å². The first-order chi connectivity index (χ1) is 12.3. The first kappa shape index (κ1) is 17.9. The highest BCUT2D eigenvalue weighted by Gasteiger charge is 2.33. The summed E-state index contributed by atoms with van der Waals surface area (Å²) in [5.41, 5.74) is -0.833. The molecule has 0 aliphatic rings. The molecule has 0 atom stereocenters. The van der Waals surface area contributed by atoms with Crippen molar-refractivity contribution >= 4 is 17.4 Å². The summed E-state index contributed by atoms with van der Waals surface area (Å²) < 4.78 is 39.8. The van der Waals surface area contributed by atoms with Crippen LogP contribution in [0.15, 0.2) is 58.6 Å². The van der Waals surface area contributed by atoms with E-state index in [4.69, 9.17) is 0 Å². The number of nitro groups is 1. The van der Waals surface area contributed by atoms with Gasteiger partial charge in [-0.2, -0.15) is 13.2 Å². The van der Waals surface area contributed by atoms with Crippen molar-refractivity contribution in [1.29, 1.82) is 0 Å². The second-order valence-corrected chi connectivity index (χ2v) is 6.15. The summed E-state index contributed by atoms with van der Waals surface area (Å²) in [5.74, 6) is 0. The highest BCUT2D eigenvalue weighted by Crippen LogP contribution is 2.38. The van der Waals surface area contributed by atoms with Gasteiger partial charge in [-0.1, -0.05) is 30.3 Å². The lowest BCUT2D eigenvalue weighted by atomic mass is 10.2. The van der Waals surface area contributed by atoms with Crippen LogP contribution in [0.5, 0.6) is 0 Å². The van der Waals surface area contributed by atoms with E-state index < -0.39 is 22.4 Å². The Bertz CT molecular complexity index is 931. The average Bonchev–Trinajstić information content (AvgIpc) is 3.02. The van der Waals surface area contributed by atoms with Crippen LogP contribution in [-0.2, 0) is 12.7 Å². The summed E-state index contributed by atoms with van der Waals surface area (Å²) in [7, 11) is 0. The van der Waals surface area contributed by atoms with Gasteiger partial charge in [0.2, 0.25) is 5.16 Å². The van der Waals surface area contributed by atoms with Gasteiger partial charge >= 0.3 is 6.18 Å². The van der Waals surface area contributed by atoms with Gasteiger partial charge in [-0.15, -0.1) is 5.10 Å². The zero-order chi connectivity index (χ0) is 18.7. The van der Waals surface area contributed by atoms with Gasteiger partial charge in [0.25, 0.3) is 5.69 Å². The maximum absolute atomic E-state index is 12.8. The van der Waals surface area contributed by atoms with Crippen molar-refractivity contribution in [3.63, 3.8) is 0 Å². The van der Waals surface area contributed by atoms with E-state index in [-0.39, 0.29) is 10.1 Å². The molecule has 0 aliphatic carbocycles. The summed E-state index contributed by atoms with van der Waals surface area (Å²) in [5, 5.41) is 22.6. The van der Waals surface area contributed by atoms with Gasteiger partial charge in [-0.05, 0) is 39.9 Å². The number of hydrogen-bond acceptors (Lipinski definition) is 6. The van der Waals surface area contributed by atoms with Gasteiger partial charge < -0.3 is 0 Å². The highest BCUT2D eigenvalue weighted by molar-refractivity contribution is 7.99. The number of tetrazole rings is 1. The van der Waals surface area contributed by atoms with Crippen molar-refractivity contribution in [2.45, 2.75) is 22.8 Å². The van der Waals surface area contributed by atoms with E-state index in [1.165, 1.54) is 4.68 Å². The van der Waals surface area contributed by atoms with Crippen LogP contribution in [0.4, 0.5) is 18.9 Å². The fraction of sp³-hybridized carbons (Fsp3) is 0.133. The lowest BCUT2D eigenvalue weighted by Crippen LogP contribution is -2.06. The molecule has 0 bridgehead atoms. The third-order valence-corrected chi connectivity index (χ3v) is 4.40. The topological polar surface area (TPSA) is 86.7 Å². The molecule has 0 unspecified atom stereocenters. The smallest absolute Gasteiger partial charge is 0.258 e. The zero-order valence-corrected chi connectivity index (χ0v) is 13.7. The summed E-state index contributed by atoms with van der Waals surface area (Å²) in [6.07, 6.45) is -4.66. The Labute approximate surface area is 149 Å². The number of aromatic nitrogens is 4. The molecule has 1 aromatic heterocycles. The van der Waals surface area contributed by atoms with Crippen molar-refractivity contribution in [2.24, 2.45) is 0 Å². The molecule has 134 valence electrons. The third kappa shape index (κ3) is 3.99. The first-order valence-electron chi connectivity index (χ1n) is 7.18. The summed E-state index contributed by atoms with van der Waals surface area (Å²) in [4.78, 5) is 10.3. The van der Waals surface area contributed by atoms with E-state index >= 15 is 0 Å². The molecule has 1 heterocycles. The van der Waals surface area contributed by atoms with Crippen molar-refractivity contribution in [2.75, 3.05) is 0 Å². The van der Waals surface area contributed by atoms with Crippen molar-refractivity contribution < 1.29 is 18.1 Å². The lowest BCUT2D eigenvalue weighted by Gasteiger charge is -2.08. The maximum Gasteiger partial charge on any atom is 0.416 e. The minimum atomic E-state index is -4.66. The molecule has 7 nitrogen and oxygen atoms in total. The fourth-order valence-corrected chi connectivity index (χ4v) is 3.00. The van der Waals surface area contributed by atoms with E-state index in [1.54, 1.807) is 0 Å². The van der Waals surface area contributed by atoms with Gasteiger partial charge in [-0.25, -0.2) is 4.68 Å². The van der Waals surface area contributed by atoms with Crippen molar-refractivity contribution in [3.05, 3.63) is 69.8 Å². The maximum atomic E-state index is 12.8. The number of rotatable bonds is 5. The van der Waals surface area contributed by atoms with Gasteiger partial charge in [0.1, 0.15) is 0 Å². The molecule has 26 heavy (non-hydrogen) atoms. The average molecular weight is 381 g/mol. The normalized spacial score (nSPS) is 11.5. The predicted molar refractivity (Wildman–Crippen MR) is 85.6 cm³/mol. The van der Waals surface area contributed by atoms with Crippen molar-refractivity contribution in [1.82, 2.24) is 20.2 Å². The zero-order valence-electron chi connectivity index (χ0n) is 12.9. The Morgan fingerprint density at radius 3 is 2.54 bits per heavy atom. The summed E-state index contributed by atoms with van der Waals surface area (Å²) >= 11 is 0.832. The Morgan fingerprint density at radius 1 is 1.15 bits per heavy atom. The molecule has 11 heteroatoms. The van der Waals surface area contributed by atoms with E-state index in [2.05, 4.69) is 15.5 Å². The van der Waals surface area contributed by atoms with Gasteiger partial charge in [0.05, 0.1) is 21.9 Å². The van der Waals surface area contributed by atoms with Gasteiger partial charge in [0, 0.05) is 6.07 Å². The Kier molecular flexibility index (Phi) is 4.89. The van der Waals surface area contributed by atoms with Crippen LogP contribution in [0.1, 0.15) is 11.1 Å². The number of hydrogen-bond donors (Lipinski definition) is 0. The van der Waals surface area contributed by atoms with Gasteiger partial charge in [0.15, 0.2) is 0 Å². The Morgan fingerprint density at radius 2 is 1.88 bits per heavy atom. The predicted octanol–water partition coefficient (Wildman–Crippen LogP) is 3.80. The number of benzene rings is 2. The molecule has 0 radical (unpaired) electrons. The van der Waals surface area contributed by atoms with E-state index in [0.29, 0.717) is 12.6 Å². The van der Waals surface area contributed by atoms with E-state index in [9.17, 15) is 23.3 Å². The molecule has 0 saturated heterocycles. The number of nitrogens with zero attached hydrogens (tertiary/aromatic N) is 5. The monoisotopic (exact) mass is 381 g/mol. The van der Waals surface area contributed by atoms with Crippen LogP contribution in [0.2, 0.25) is 0 Å². The van der Waals surface area contributed by atoms with Crippen LogP contribution in [0.3, 0.4) is 0 Å². The number of alkyl halides is 3. The molecule has 2 aromatic carbocycles. The molecular formula is C15H10F3N5O2S. The third-order valence-electron chi connectivity index (χ3n) is 3.36. The largest absolute Gasteiger partial charge is 0.416 e. The minimum Gasteiger partial charge on any atom is -0.258 e. The molecule has 0 aliphatic heterocycles. The first-order valence-corrected chi connectivity index (χ1v) is 8.00. The minimum absolute atomic E-state index is 0.0205. The highest BCUT2D eigenvalue weighted by atomic mass is 32.2. The van der Waals surface area contributed by atoms with E-state index in [0.717, 1.165) is 29.5 Å². The van der Waals surface area contributed by atoms with Crippen LogP contribution < -0.4 is 0 Å². The summed E-state index contributed by atoms with van der Waals surface area (Å²) in [6, 6.07) is 11.6. The van der Waals surface area contributed by atoms with Crippen LogP contribution in [-0.4, -0.2) is 25.1 Å². The second-order valence-electron chi connectivity index (χ2n) is 5.14. The standard InChI is InChI=1S/C15H10F3N5O2S/c16-15(17,18)11-6-7-13(12(8-11)23(24)25)26-14-19-20-21-22(14)9-10-4-2-1-3-5-10/h1-8H,9H2. The molecular weight excluding hydrogens is 371 g/mol.